The number of piperazine rings is 1. The Morgan fingerprint density at radius 2 is 1.89 bits per heavy atom. The number of para-hydroxylation sites is 1. The average Bonchev–Trinajstić information content (AvgIpc) is 3.11. The molecule has 1 aliphatic rings. The van der Waals surface area contributed by atoms with Crippen LogP contribution in [0, 0.1) is 0 Å². The van der Waals surface area contributed by atoms with Gasteiger partial charge in [0.15, 0.2) is 0 Å². The first-order chi connectivity index (χ1) is 13.2. The molecule has 1 amide bonds. The van der Waals surface area contributed by atoms with Crippen LogP contribution in [0.15, 0.2) is 48.7 Å². The van der Waals surface area contributed by atoms with Gasteiger partial charge in [-0.2, -0.15) is 0 Å². The number of aromatic nitrogens is 2. The highest BCUT2D eigenvalue weighted by Gasteiger charge is 2.21. The Kier molecular flexibility index (Phi) is 5.31. The van der Waals surface area contributed by atoms with Gasteiger partial charge < -0.3 is 9.80 Å². The summed E-state index contributed by atoms with van der Waals surface area (Å²) in [7, 11) is 1.86. The summed E-state index contributed by atoms with van der Waals surface area (Å²) in [5.74, 6) is 1.15. The first kappa shape index (κ1) is 17.9. The van der Waals surface area contributed by atoms with Crippen LogP contribution < -0.4 is 4.90 Å². The Bertz CT molecular complexity index is 872. The van der Waals surface area contributed by atoms with E-state index in [0.29, 0.717) is 13.1 Å². The largest absolute Gasteiger partial charge is 0.354 e. The molecule has 4 rings (SSSR count). The lowest BCUT2D eigenvalue weighted by Gasteiger charge is -2.35. The number of fused-ring (bicyclic) bond motifs is 1. The second-order valence-electron chi connectivity index (χ2n) is 6.78. The van der Waals surface area contributed by atoms with E-state index in [9.17, 15) is 4.79 Å². The number of nitrogens with zero attached hydrogens (tertiary/aromatic N) is 5. The summed E-state index contributed by atoms with van der Waals surface area (Å²) < 4.78 is 1.17. The van der Waals surface area contributed by atoms with Gasteiger partial charge in [-0.05, 0) is 24.3 Å². The van der Waals surface area contributed by atoms with Gasteiger partial charge in [-0.25, -0.2) is 9.97 Å². The van der Waals surface area contributed by atoms with Crippen molar-refractivity contribution >= 4 is 33.3 Å². The molecule has 1 fully saturated rings. The summed E-state index contributed by atoms with van der Waals surface area (Å²) in [6, 6.07) is 14.1. The zero-order valence-corrected chi connectivity index (χ0v) is 16.2. The van der Waals surface area contributed by atoms with Crippen LogP contribution in [-0.4, -0.2) is 65.4 Å². The highest BCUT2D eigenvalue weighted by Crippen LogP contribution is 2.22. The van der Waals surface area contributed by atoms with Crippen LogP contribution >= 0.6 is 11.3 Å². The van der Waals surface area contributed by atoms with E-state index in [2.05, 4.69) is 25.8 Å². The van der Waals surface area contributed by atoms with E-state index < -0.39 is 0 Å². The Labute approximate surface area is 163 Å². The van der Waals surface area contributed by atoms with Crippen LogP contribution in [0.3, 0.4) is 0 Å². The number of carbonyl (C=O) groups is 1. The van der Waals surface area contributed by atoms with Crippen LogP contribution in [0.5, 0.6) is 0 Å². The summed E-state index contributed by atoms with van der Waals surface area (Å²) in [5.41, 5.74) is 1.00. The predicted octanol–water partition coefficient (Wildman–Crippen LogP) is 2.47. The molecule has 6 nitrogen and oxygen atoms in total. The van der Waals surface area contributed by atoms with E-state index in [1.165, 1.54) is 4.70 Å². The fourth-order valence-electron chi connectivity index (χ4n) is 3.27. The molecule has 0 N–H and O–H groups in total. The molecule has 2 aromatic heterocycles. The summed E-state index contributed by atoms with van der Waals surface area (Å²) in [5, 5.41) is 0.979. The van der Waals surface area contributed by atoms with E-state index in [4.69, 9.17) is 0 Å². The lowest BCUT2D eigenvalue weighted by atomic mass is 10.3. The number of amides is 1. The monoisotopic (exact) mass is 381 g/mol. The number of thiazole rings is 1. The number of benzene rings is 1. The number of anilines is 1. The van der Waals surface area contributed by atoms with Gasteiger partial charge in [-0.1, -0.05) is 18.2 Å². The normalized spacial score (nSPS) is 15.2. The maximum atomic E-state index is 12.6. The number of hydrogen-bond donors (Lipinski definition) is 0. The highest BCUT2D eigenvalue weighted by molar-refractivity contribution is 7.18. The van der Waals surface area contributed by atoms with E-state index in [-0.39, 0.29) is 5.91 Å². The number of rotatable bonds is 5. The minimum atomic E-state index is 0.139. The third-order valence-corrected chi connectivity index (χ3v) is 5.86. The number of likely N-dealkylation sites (N-methyl/N-ethyl adjacent to an activating group) is 1. The Morgan fingerprint density at radius 1 is 1.11 bits per heavy atom. The molecule has 7 heteroatoms. The predicted molar refractivity (Wildman–Crippen MR) is 109 cm³/mol. The Morgan fingerprint density at radius 3 is 2.63 bits per heavy atom. The van der Waals surface area contributed by atoms with E-state index in [0.717, 1.165) is 42.5 Å². The van der Waals surface area contributed by atoms with Crippen LogP contribution in [0.2, 0.25) is 0 Å². The minimum Gasteiger partial charge on any atom is -0.354 e. The zero-order chi connectivity index (χ0) is 18.6. The van der Waals surface area contributed by atoms with Crippen molar-refractivity contribution in [3.8, 4) is 0 Å². The molecule has 0 bridgehead atoms. The SMILES string of the molecule is CN(Cc1nc2ccccc2s1)C(=O)CN1CCN(c2ccccn2)CC1. The molecule has 1 saturated heterocycles. The highest BCUT2D eigenvalue weighted by atomic mass is 32.1. The van der Waals surface area contributed by atoms with Crippen LogP contribution in [0.1, 0.15) is 5.01 Å². The first-order valence-electron chi connectivity index (χ1n) is 9.16. The van der Waals surface area contributed by atoms with Crippen molar-refractivity contribution < 1.29 is 4.79 Å². The molecule has 1 aromatic carbocycles. The molecule has 0 unspecified atom stereocenters. The van der Waals surface area contributed by atoms with Crippen LogP contribution in [0.4, 0.5) is 5.82 Å². The van der Waals surface area contributed by atoms with Gasteiger partial charge in [0, 0.05) is 39.4 Å². The standard InChI is InChI=1S/C20H23N5OS/c1-23(14-19-22-16-6-2-3-7-17(16)27-19)20(26)15-24-10-12-25(13-11-24)18-8-4-5-9-21-18/h2-9H,10-15H2,1H3. The lowest BCUT2D eigenvalue weighted by Crippen LogP contribution is -2.49. The molecule has 3 aromatic rings. The summed E-state index contributed by atoms with van der Waals surface area (Å²) in [4.78, 5) is 27.9. The Balaban J connectivity index is 1.29. The van der Waals surface area contributed by atoms with Gasteiger partial charge in [0.2, 0.25) is 5.91 Å². The molecule has 0 aliphatic carbocycles. The molecule has 3 heterocycles. The first-order valence-corrected chi connectivity index (χ1v) is 9.97. The van der Waals surface area contributed by atoms with E-state index in [1.54, 1.807) is 16.2 Å². The van der Waals surface area contributed by atoms with Crippen molar-refractivity contribution in [3.63, 3.8) is 0 Å². The lowest BCUT2D eigenvalue weighted by molar-refractivity contribution is -0.131. The van der Waals surface area contributed by atoms with Crippen molar-refractivity contribution in [1.29, 1.82) is 0 Å². The maximum Gasteiger partial charge on any atom is 0.236 e. The summed E-state index contributed by atoms with van der Waals surface area (Å²) in [6.07, 6.45) is 1.82. The van der Waals surface area contributed by atoms with Gasteiger partial charge >= 0.3 is 0 Å². The van der Waals surface area contributed by atoms with Crippen molar-refractivity contribution in [2.45, 2.75) is 6.54 Å². The van der Waals surface area contributed by atoms with Crippen molar-refractivity contribution in [3.05, 3.63) is 53.7 Å². The van der Waals surface area contributed by atoms with E-state index >= 15 is 0 Å². The second-order valence-corrected chi connectivity index (χ2v) is 7.89. The van der Waals surface area contributed by atoms with Gasteiger partial charge in [0.1, 0.15) is 10.8 Å². The summed E-state index contributed by atoms with van der Waals surface area (Å²) in [6.45, 7) is 4.55. The third kappa shape index (κ3) is 4.26. The quantitative estimate of drug-likeness (QED) is 0.680. The van der Waals surface area contributed by atoms with Gasteiger partial charge in [-0.15, -0.1) is 11.3 Å². The number of pyridine rings is 1. The molecule has 27 heavy (non-hydrogen) atoms. The van der Waals surface area contributed by atoms with Gasteiger partial charge in [0.05, 0.1) is 23.3 Å². The fraction of sp³-hybridized carbons (Fsp3) is 0.350. The third-order valence-electron chi connectivity index (χ3n) is 4.84. The fourth-order valence-corrected chi connectivity index (χ4v) is 4.29. The molecule has 0 atom stereocenters. The minimum absolute atomic E-state index is 0.139. The summed E-state index contributed by atoms with van der Waals surface area (Å²) >= 11 is 1.65. The van der Waals surface area contributed by atoms with Crippen LogP contribution in [0.25, 0.3) is 10.2 Å². The van der Waals surface area contributed by atoms with Crippen LogP contribution in [-0.2, 0) is 11.3 Å². The smallest absolute Gasteiger partial charge is 0.236 e. The van der Waals surface area contributed by atoms with Gasteiger partial charge in [-0.3, -0.25) is 9.69 Å². The van der Waals surface area contributed by atoms with Crippen molar-refractivity contribution in [2.24, 2.45) is 0 Å². The average molecular weight is 382 g/mol. The zero-order valence-electron chi connectivity index (χ0n) is 15.4. The molecule has 1 aliphatic heterocycles. The topological polar surface area (TPSA) is 52.6 Å². The van der Waals surface area contributed by atoms with Crippen molar-refractivity contribution in [1.82, 2.24) is 19.8 Å². The van der Waals surface area contributed by atoms with Gasteiger partial charge in [0.25, 0.3) is 0 Å². The van der Waals surface area contributed by atoms with E-state index in [1.807, 2.05) is 49.6 Å². The molecular formula is C20H23N5OS. The molecule has 0 saturated carbocycles. The molecule has 0 radical (unpaired) electrons. The second kappa shape index (κ2) is 8.02. The Hall–Kier alpha value is -2.51. The van der Waals surface area contributed by atoms with Crippen molar-refractivity contribution in [2.75, 3.05) is 44.7 Å². The number of carbonyl (C=O) groups excluding carboxylic acids is 1. The molecular weight excluding hydrogens is 358 g/mol. The number of hydrogen-bond acceptors (Lipinski definition) is 6. The molecule has 140 valence electrons. The maximum absolute atomic E-state index is 12.6. The molecule has 0 spiro atoms.